The van der Waals surface area contributed by atoms with Crippen LogP contribution >= 0.6 is 0 Å². The summed E-state index contributed by atoms with van der Waals surface area (Å²) < 4.78 is 0. The van der Waals surface area contributed by atoms with E-state index in [1.54, 1.807) is 0 Å². The Labute approximate surface area is 215 Å². The summed E-state index contributed by atoms with van der Waals surface area (Å²) in [5, 5.41) is 0. The summed E-state index contributed by atoms with van der Waals surface area (Å²) in [6.45, 7) is 3.11. The fourth-order valence-corrected chi connectivity index (χ4v) is 6.26. The third kappa shape index (κ3) is 4.79. The van der Waals surface area contributed by atoms with Crippen LogP contribution in [0.4, 0.5) is 0 Å². The highest BCUT2D eigenvalue weighted by Crippen LogP contribution is 2.40. The quantitative estimate of drug-likeness (QED) is 0.280. The lowest BCUT2D eigenvalue weighted by molar-refractivity contribution is 0.135. The van der Waals surface area contributed by atoms with E-state index in [1.807, 2.05) is 0 Å². The van der Waals surface area contributed by atoms with Crippen molar-refractivity contribution in [2.75, 3.05) is 13.1 Å². The molecular weight excluding hydrogens is 436 g/mol. The second-order valence-corrected chi connectivity index (χ2v) is 10.2. The van der Waals surface area contributed by atoms with Crippen LogP contribution in [0.25, 0.3) is 0 Å². The lowest BCUT2D eigenvalue weighted by Gasteiger charge is -2.49. The summed E-state index contributed by atoms with van der Waals surface area (Å²) in [5.41, 5.74) is 8.27. The number of hydrogen-bond acceptors (Lipinski definition) is 2. The maximum Gasteiger partial charge on any atom is 0.0642 e. The highest BCUT2D eigenvalue weighted by Gasteiger charge is 2.43. The van der Waals surface area contributed by atoms with E-state index in [1.165, 1.54) is 59.5 Å². The van der Waals surface area contributed by atoms with E-state index < -0.39 is 0 Å². The van der Waals surface area contributed by atoms with Crippen LogP contribution in [0.1, 0.15) is 46.6 Å². The smallest absolute Gasteiger partial charge is 0.0642 e. The monoisotopic (exact) mass is 470 g/mol. The van der Waals surface area contributed by atoms with E-state index in [4.69, 9.17) is 4.99 Å². The van der Waals surface area contributed by atoms with Gasteiger partial charge in [0.05, 0.1) is 12.6 Å². The van der Waals surface area contributed by atoms with Crippen LogP contribution in [-0.4, -0.2) is 29.7 Å². The van der Waals surface area contributed by atoms with Gasteiger partial charge >= 0.3 is 0 Å². The molecule has 4 aromatic rings. The Morgan fingerprint density at radius 2 is 1.17 bits per heavy atom. The maximum atomic E-state index is 5.47. The molecule has 2 nitrogen and oxygen atoms in total. The Bertz CT molecular complexity index is 1250. The second-order valence-electron chi connectivity index (χ2n) is 10.2. The average Bonchev–Trinajstić information content (AvgIpc) is 2.95. The van der Waals surface area contributed by atoms with Gasteiger partial charge in [0.15, 0.2) is 0 Å². The molecule has 36 heavy (non-hydrogen) atoms. The predicted octanol–water partition coefficient (Wildman–Crippen LogP) is 7.14. The summed E-state index contributed by atoms with van der Waals surface area (Å²) in [5.74, 6) is 0.894. The van der Waals surface area contributed by atoms with Crippen molar-refractivity contribution in [2.45, 2.75) is 37.8 Å². The molecule has 0 amide bonds. The molecule has 0 saturated carbocycles. The fraction of sp³-hybridized carbons (Fsp3) is 0.265. The van der Waals surface area contributed by atoms with Crippen molar-refractivity contribution < 1.29 is 0 Å². The van der Waals surface area contributed by atoms with E-state index in [0.29, 0.717) is 17.9 Å². The number of fused-ring (bicyclic) bond motifs is 3. The molecule has 1 atom stereocenters. The molecule has 1 unspecified atom stereocenters. The molecule has 0 radical (unpaired) electrons. The van der Waals surface area contributed by atoms with E-state index >= 15 is 0 Å². The van der Waals surface area contributed by atoms with E-state index in [2.05, 4.69) is 120 Å². The number of rotatable bonds is 7. The summed E-state index contributed by atoms with van der Waals surface area (Å²) in [7, 11) is 0. The van der Waals surface area contributed by atoms with Gasteiger partial charge < -0.3 is 0 Å². The molecule has 2 bridgehead atoms. The minimum atomic E-state index is 0.300. The van der Waals surface area contributed by atoms with E-state index in [0.717, 1.165) is 13.0 Å². The van der Waals surface area contributed by atoms with Crippen molar-refractivity contribution in [1.29, 1.82) is 0 Å². The summed E-state index contributed by atoms with van der Waals surface area (Å²) in [6.07, 6.45) is 3.42. The van der Waals surface area contributed by atoms with Gasteiger partial charge in [-0.25, -0.2) is 0 Å². The van der Waals surface area contributed by atoms with Crippen molar-refractivity contribution in [1.82, 2.24) is 4.90 Å². The number of aliphatic imine (C=N–C) groups is 1. The third-order valence-electron chi connectivity index (χ3n) is 8.07. The Balaban J connectivity index is 1.36. The molecule has 3 fully saturated rings. The average molecular weight is 471 g/mol. The molecule has 3 saturated heterocycles. The van der Waals surface area contributed by atoms with Gasteiger partial charge in [0.25, 0.3) is 0 Å². The number of benzene rings is 4. The molecule has 0 N–H and O–H groups in total. The van der Waals surface area contributed by atoms with Crippen LogP contribution < -0.4 is 0 Å². The number of piperidine rings is 3. The van der Waals surface area contributed by atoms with Crippen LogP contribution in [-0.2, 0) is 13.0 Å². The number of hydrogen-bond donors (Lipinski definition) is 0. The van der Waals surface area contributed by atoms with Crippen molar-refractivity contribution in [3.8, 4) is 0 Å². The van der Waals surface area contributed by atoms with Crippen LogP contribution in [0.3, 0.4) is 0 Å². The largest absolute Gasteiger partial charge is 0.294 e. The van der Waals surface area contributed by atoms with Gasteiger partial charge in [-0.3, -0.25) is 9.89 Å². The van der Waals surface area contributed by atoms with Crippen molar-refractivity contribution in [3.05, 3.63) is 143 Å². The molecule has 7 rings (SSSR count). The SMILES string of the molecule is c1ccc(Cc2ccccc2C/N=C2\C3CCN(CC3)C2C(c2ccccc2)c2ccccc2)cc1. The second kappa shape index (κ2) is 10.6. The first-order chi connectivity index (χ1) is 17.9. The first-order valence-corrected chi connectivity index (χ1v) is 13.4. The minimum Gasteiger partial charge on any atom is -0.294 e. The molecule has 180 valence electrons. The van der Waals surface area contributed by atoms with Gasteiger partial charge in [-0.2, -0.15) is 0 Å². The van der Waals surface area contributed by atoms with Crippen LogP contribution in [0.2, 0.25) is 0 Å². The first-order valence-electron chi connectivity index (χ1n) is 13.4. The van der Waals surface area contributed by atoms with Gasteiger partial charge in [0.1, 0.15) is 0 Å². The molecule has 2 heteroatoms. The summed E-state index contributed by atoms with van der Waals surface area (Å²) >= 11 is 0. The normalized spacial score (nSPS) is 22.2. The predicted molar refractivity (Wildman–Crippen MR) is 150 cm³/mol. The van der Waals surface area contributed by atoms with Crippen molar-refractivity contribution in [2.24, 2.45) is 10.9 Å². The van der Waals surface area contributed by atoms with Crippen LogP contribution in [0.15, 0.2) is 120 Å². The standard InChI is InChI=1S/C34H34N2/c1-4-12-26(13-5-1)24-30-18-10-11-19-31(30)25-35-33-29-20-22-36(23-21-29)34(33)32(27-14-6-2-7-15-27)28-16-8-3-9-17-28/h1-19,29,32,34H,20-25H2/b35-33+. The summed E-state index contributed by atoms with van der Waals surface area (Å²) in [6, 6.07) is 42.1. The molecule has 0 aliphatic carbocycles. The molecule has 0 aromatic heterocycles. The molecule has 3 aliphatic heterocycles. The van der Waals surface area contributed by atoms with Crippen LogP contribution in [0.5, 0.6) is 0 Å². The Morgan fingerprint density at radius 3 is 1.78 bits per heavy atom. The number of nitrogens with zero attached hydrogens (tertiary/aromatic N) is 2. The van der Waals surface area contributed by atoms with Crippen molar-refractivity contribution in [3.63, 3.8) is 0 Å². The summed E-state index contributed by atoms with van der Waals surface area (Å²) in [4.78, 5) is 8.17. The Morgan fingerprint density at radius 1 is 0.639 bits per heavy atom. The van der Waals surface area contributed by atoms with Gasteiger partial charge in [-0.1, -0.05) is 115 Å². The van der Waals surface area contributed by atoms with Gasteiger partial charge in [0.2, 0.25) is 0 Å². The zero-order chi connectivity index (χ0) is 24.2. The first kappa shape index (κ1) is 22.9. The zero-order valence-corrected chi connectivity index (χ0v) is 20.8. The Hall–Kier alpha value is -3.49. The van der Waals surface area contributed by atoms with Gasteiger partial charge in [-0.15, -0.1) is 0 Å². The topological polar surface area (TPSA) is 15.6 Å². The van der Waals surface area contributed by atoms with E-state index in [-0.39, 0.29) is 0 Å². The Kier molecular flexibility index (Phi) is 6.78. The van der Waals surface area contributed by atoms with Gasteiger partial charge in [-0.05, 0) is 60.2 Å². The lowest BCUT2D eigenvalue weighted by atomic mass is 9.72. The molecule has 3 aliphatic rings. The highest BCUT2D eigenvalue weighted by molar-refractivity contribution is 5.94. The molecule has 4 aromatic carbocycles. The maximum absolute atomic E-state index is 5.47. The lowest BCUT2D eigenvalue weighted by Crippen LogP contribution is -2.58. The molecular formula is C34H34N2. The molecule has 0 spiro atoms. The third-order valence-corrected chi connectivity index (χ3v) is 8.07. The zero-order valence-electron chi connectivity index (χ0n) is 20.8. The highest BCUT2D eigenvalue weighted by atomic mass is 15.2. The van der Waals surface area contributed by atoms with E-state index in [9.17, 15) is 0 Å². The van der Waals surface area contributed by atoms with Crippen molar-refractivity contribution >= 4 is 5.71 Å². The fourth-order valence-electron chi connectivity index (χ4n) is 6.26. The minimum absolute atomic E-state index is 0.300. The molecule has 3 heterocycles. The van der Waals surface area contributed by atoms with Gasteiger partial charge in [0, 0.05) is 17.5 Å². The van der Waals surface area contributed by atoms with Crippen LogP contribution in [0, 0.1) is 5.92 Å².